The number of methoxy groups -OCH3 is 1. The maximum Gasteiger partial charge on any atom is 0.317 e. The van der Waals surface area contributed by atoms with Crippen molar-refractivity contribution in [1.82, 2.24) is 10.2 Å². The number of benzene rings is 1. The van der Waals surface area contributed by atoms with Crippen LogP contribution in [-0.4, -0.2) is 44.3 Å². The quantitative estimate of drug-likeness (QED) is 0.848. The lowest BCUT2D eigenvalue weighted by Crippen LogP contribution is -2.45. The zero-order chi connectivity index (χ0) is 15.1. The highest BCUT2D eigenvalue weighted by atomic mass is 19.1. The largest absolute Gasteiger partial charge is 0.383 e. The first-order valence-corrected chi connectivity index (χ1v) is 7.45. The lowest BCUT2D eigenvalue weighted by Gasteiger charge is -2.32. The first kappa shape index (κ1) is 15.8. The third kappa shape index (κ3) is 5.01. The molecule has 0 aromatic heterocycles. The second-order valence-corrected chi connectivity index (χ2v) is 5.49. The van der Waals surface area contributed by atoms with E-state index >= 15 is 0 Å². The molecule has 5 heteroatoms. The molecule has 2 rings (SSSR count). The Bertz CT molecular complexity index is 442. The number of carbonyl (C=O) groups excluding carboxylic acids is 1. The second-order valence-electron chi connectivity index (χ2n) is 5.49. The molecular formula is C16H23FN2O2. The predicted octanol–water partition coefficient (Wildman–Crippen LogP) is 2.44. The van der Waals surface area contributed by atoms with Crippen molar-refractivity contribution in [2.24, 2.45) is 5.92 Å². The predicted molar refractivity (Wildman–Crippen MR) is 79.7 cm³/mol. The normalized spacial score (nSPS) is 16.0. The summed E-state index contributed by atoms with van der Waals surface area (Å²) in [4.78, 5) is 13.8. The topological polar surface area (TPSA) is 41.6 Å². The smallest absolute Gasteiger partial charge is 0.317 e. The number of halogens is 1. The molecule has 2 amide bonds. The highest BCUT2D eigenvalue weighted by Gasteiger charge is 2.22. The molecule has 1 aliphatic heterocycles. The van der Waals surface area contributed by atoms with Crippen molar-refractivity contribution in [2.75, 3.05) is 33.4 Å². The maximum atomic E-state index is 12.9. The molecule has 21 heavy (non-hydrogen) atoms. The van der Waals surface area contributed by atoms with E-state index in [-0.39, 0.29) is 11.8 Å². The second kappa shape index (κ2) is 7.98. The first-order valence-electron chi connectivity index (χ1n) is 7.45. The summed E-state index contributed by atoms with van der Waals surface area (Å²) in [5.74, 6) is 0.375. The van der Waals surface area contributed by atoms with Crippen molar-refractivity contribution < 1.29 is 13.9 Å². The first-order chi connectivity index (χ1) is 10.2. The summed E-state index contributed by atoms with van der Waals surface area (Å²) in [6.07, 6.45) is 2.95. The molecule has 1 aliphatic rings. The highest BCUT2D eigenvalue weighted by Crippen LogP contribution is 2.21. The molecule has 0 atom stereocenters. The van der Waals surface area contributed by atoms with Crippen molar-refractivity contribution in [3.05, 3.63) is 35.6 Å². The van der Waals surface area contributed by atoms with E-state index in [0.29, 0.717) is 19.1 Å². The number of nitrogens with zero attached hydrogens (tertiary/aromatic N) is 1. The number of ether oxygens (including phenoxy) is 1. The average Bonchev–Trinajstić information content (AvgIpc) is 2.50. The number of urea groups is 1. The van der Waals surface area contributed by atoms with Gasteiger partial charge >= 0.3 is 6.03 Å². The van der Waals surface area contributed by atoms with E-state index in [2.05, 4.69) is 5.32 Å². The molecule has 0 aliphatic carbocycles. The number of rotatable bonds is 5. The summed E-state index contributed by atoms with van der Waals surface area (Å²) in [5, 5.41) is 2.84. The zero-order valence-corrected chi connectivity index (χ0v) is 12.5. The molecule has 0 unspecified atom stereocenters. The summed E-state index contributed by atoms with van der Waals surface area (Å²) in [6.45, 7) is 2.65. The molecule has 1 saturated heterocycles. The van der Waals surface area contributed by atoms with Crippen LogP contribution >= 0.6 is 0 Å². The number of carbonyl (C=O) groups is 1. The van der Waals surface area contributed by atoms with Crippen LogP contribution in [0.5, 0.6) is 0 Å². The minimum atomic E-state index is -0.193. The Morgan fingerprint density at radius 2 is 2.00 bits per heavy atom. The summed E-state index contributed by atoms with van der Waals surface area (Å²) in [6, 6.07) is 6.70. The summed E-state index contributed by atoms with van der Waals surface area (Å²) >= 11 is 0. The fourth-order valence-electron chi connectivity index (χ4n) is 2.67. The molecule has 1 aromatic carbocycles. The zero-order valence-electron chi connectivity index (χ0n) is 12.5. The molecule has 0 saturated carbocycles. The molecule has 1 fully saturated rings. The van der Waals surface area contributed by atoms with Crippen molar-refractivity contribution in [3.8, 4) is 0 Å². The van der Waals surface area contributed by atoms with Crippen LogP contribution in [0.25, 0.3) is 0 Å². The van der Waals surface area contributed by atoms with Crippen LogP contribution in [0.3, 0.4) is 0 Å². The fraction of sp³-hybridized carbons (Fsp3) is 0.562. The highest BCUT2D eigenvalue weighted by molar-refractivity contribution is 5.74. The Morgan fingerprint density at radius 1 is 1.33 bits per heavy atom. The van der Waals surface area contributed by atoms with Crippen LogP contribution in [0.1, 0.15) is 18.4 Å². The van der Waals surface area contributed by atoms with E-state index in [1.165, 1.54) is 17.7 Å². The van der Waals surface area contributed by atoms with Crippen LogP contribution in [0.15, 0.2) is 24.3 Å². The molecule has 0 radical (unpaired) electrons. The van der Waals surface area contributed by atoms with Crippen LogP contribution < -0.4 is 5.32 Å². The average molecular weight is 294 g/mol. The van der Waals surface area contributed by atoms with Crippen LogP contribution in [-0.2, 0) is 11.2 Å². The number of hydrogen-bond donors (Lipinski definition) is 1. The Labute approximate surface area is 125 Å². The number of nitrogens with one attached hydrogen (secondary N) is 1. The van der Waals surface area contributed by atoms with Gasteiger partial charge in [-0.25, -0.2) is 9.18 Å². The number of likely N-dealkylation sites (tertiary alicyclic amines) is 1. The van der Waals surface area contributed by atoms with E-state index in [1.54, 1.807) is 7.11 Å². The van der Waals surface area contributed by atoms with E-state index in [1.807, 2.05) is 17.0 Å². The van der Waals surface area contributed by atoms with Gasteiger partial charge in [-0.05, 0) is 42.9 Å². The van der Waals surface area contributed by atoms with Gasteiger partial charge in [0.25, 0.3) is 0 Å². The Balaban J connectivity index is 1.72. The van der Waals surface area contributed by atoms with Gasteiger partial charge in [-0.2, -0.15) is 0 Å². The third-order valence-corrected chi connectivity index (χ3v) is 3.92. The fourth-order valence-corrected chi connectivity index (χ4v) is 2.67. The Morgan fingerprint density at radius 3 is 2.62 bits per heavy atom. The van der Waals surface area contributed by atoms with Crippen molar-refractivity contribution in [1.29, 1.82) is 0 Å². The van der Waals surface area contributed by atoms with Crippen LogP contribution in [0, 0.1) is 11.7 Å². The minimum Gasteiger partial charge on any atom is -0.383 e. The van der Waals surface area contributed by atoms with Gasteiger partial charge in [-0.1, -0.05) is 12.1 Å². The van der Waals surface area contributed by atoms with Gasteiger partial charge in [0.05, 0.1) is 6.61 Å². The van der Waals surface area contributed by atoms with E-state index < -0.39 is 0 Å². The Kier molecular flexibility index (Phi) is 5.99. The lowest BCUT2D eigenvalue weighted by atomic mass is 9.90. The summed E-state index contributed by atoms with van der Waals surface area (Å²) in [5.41, 5.74) is 1.17. The standard InChI is InChI=1S/C16H23FN2O2/c1-21-11-8-18-16(20)19-9-6-14(7-10-19)12-13-2-4-15(17)5-3-13/h2-5,14H,6-12H2,1H3,(H,18,20). The van der Waals surface area contributed by atoms with E-state index in [0.717, 1.165) is 32.4 Å². The molecular weight excluding hydrogens is 271 g/mol. The van der Waals surface area contributed by atoms with Crippen molar-refractivity contribution >= 4 is 6.03 Å². The molecule has 1 heterocycles. The van der Waals surface area contributed by atoms with Gasteiger partial charge in [0.15, 0.2) is 0 Å². The van der Waals surface area contributed by atoms with Crippen molar-refractivity contribution in [3.63, 3.8) is 0 Å². The lowest BCUT2D eigenvalue weighted by molar-refractivity contribution is 0.161. The molecule has 0 spiro atoms. The van der Waals surface area contributed by atoms with Gasteiger partial charge < -0.3 is 15.0 Å². The van der Waals surface area contributed by atoms with Crippen LogP contribution in [0.4, 0.5) is 9.18 Å². The minimum absolute atomic E-state index is 0.00715. The monoisotopic (exact) mass is 294 g/mol. The molecule has 1 aromatic rings. The third-order valence-electron chi connectivity index (χ3n) is 3.92. The van der Waals surface area contributed by atoms with E-state index in [4.69, 9.17) is 4.74 Å². The Hall–Kier alpha value is -1.62. The van der Waals surface area contributed by atoms with E-state index in [9.17, 15) is 9.18 Å². The van der Waals surface area contributed by atoms with Gasteiger partial charge in [0, 0.05) is 26.7 Å². The van der Waals surface area contributed by atoms with Gasteiger partial charge in [0.2, 0.25) is 0 Å². The summed E-state index contributed by atoms with van der Waals surface area (Å²) < 4.78 is 17.8. The van der Waals surface area contributed by atoms with Gasteiger partial charge in [-0.15, -0.1) is 0 Å². The van der Waals surface area contributed by atoms with Crippen molar-refractivity contribution in [2.45, 2.75) is 19.3 Å². The van der Waals surface area contributed by atoms with Gasteiger partial charge in [-0.3, -0.25) is 0 Å². The number of hydrogen-bond acceptors (Lipinski definition) is 2. The molecule has 0 bridgehead atoms. The number of amides is 2. The molecule has 1 N–H and O–H groups in total. The SMILES string of the molecule is COCCNC(=O)N1CCC(Cc2ccc(F)cc2)CC1. The maximum absolute atomic E-state index is 12.9. The molecule has 116 valence electrons. The van der Waals surface area contributed by atoms with Gasteiger partial charge in [0.1, 0.15) is 5.82 Å². The number of piperidine rings is 1. The van der Waals surface area contributed by atoms with Crippen LogP contribution in [0.2, 0.25) is 0 Å². The summed E-state index contributed by atoms with van der Waals surface area (Å²) in [7, 11) is 1.62. The molecule has 4 nitrogen and oxygen atoms in total.